The number of nitro groups is 1. The molecule has 0 saturated heterocycles. The molecule has 1 atom stereocenters. The molecule has 0 aliphatic rings. The number of hydrogen-bond donors (Lipinski definition) is 2. The Kier molecular flexibility index (Phi) is 9.22. The highest BCUT2D eigenvalue weighted by Gasteiger charge is 2.26. The Balaban J connectivity index is 0.00000576. The average molecular weight is 376 g/mol. The van der Waals surface area contributed by atoms with Crippen LogP contribution in [-0.2, 0) is 4.79 Å². The molecule has 0 saturated carbocycles. The first-order chi connectivity index (χ1) is 11.2. The number of nitro benzene ring substituents is 1. The smallest absolute Gasteiger partial charge is 0.311 e. The summed E-state index contributed by atoms with van der Waals surface area (Å²) in [4.78, 5) is 22.4. The molecule has 0 heterocycles. The third-order valence-electron chi connectivity index (χ3n) is 3.47. The number of ether oxygens (including phenoxy) is 2. The highest BCUT2D eigenvalue weighted by molar-refractivity contribution is 5.85. The minimum Gasteiger partial charge on any atom is -0.490 e. The Labute approximate surface area is 153 Å². The maximum Gasteiger partial charge on any atom is 0.311 e. The third kappa shape index (κ3) is 7.15. The van der Waals surface area contributed by atoms with E-state index >= 15 is 0 Å². The number of benzene rings is 1. The largest absolute Gasteiger partial charge is 0.490 e. The second-order valence-corrected chi connectivity index (χ2v) is 6.29. The zero-order chi connectivity index (χ0) is 18.3. The molecular formula is C16H26ClN3O5. The lowest BCUT2D eigenvalue weighted by Gasteiger charge is -2.31. The van der Waals surface area contributed by atoms with Crippen LogP contribution in [0.5, 0.6) is 11.5 Å². The number of halogens is 1. The lowest BCUT2D eigenvalue weighted by Crippen LogP contribution is -2.53. The fourth-order valence-electron chi connectivity index (χ4n) is 2.51. The summed E-state index contributed by atoms with van der Waals surface area (Å²) in [6.07, 6.45) is 0.751. The van der Waals surface area contributed by atoms with Crippen LogP contribution in [0.3, 0.4) is 0 Å². The SMILES string of the molecule is COc1cc(OCC(=O)NC(C)(CN)CC(C)C)ccc1[N+](=O)[O-].Cl. The Morgan fingerprint density at radius 1 is 1.44 bits per heavy atom. The molecule has 1 rings (SSSR count). The summed E-state index contributed by atoms with van der Waals surface area (Å²) in [6.45, 7) is 6.11. The van der Waals surface area contributed by atoms with Crippen molar-refractivity contribution in [3.63, 3.8) is 0 Å². The van der Waals surface area contributed by atoms with Crippen LogP contribution in [0, 0.1) is 16.0 Å². The number of amides is 1. The number of nitrogens with one attached hydrogen (secondary N) is 1. The summed E-state index contributed by atoms with van der Waals surface area (Å²) in [7, 11) is 1.33. The quantitative estimate of drug-likeness (QED) is 0.505. The Hall–Kier alpha value is -2.06. The van der Waals surface area contributed by atoms with Crippen molar-refractivity contribution in [3.05, 3.63) is 28.3 Å². The van der Waals surface area contributed by atoms with Crippen LogP contribution >= 0.6 is 12.4 Å². The molecule has 0 fully saturated rings. The van der Waals surface area contributed by atoms with Gasteiger partial charge < -0.3 is 20.5 Å². The first-order valence-electron chi connectivity index (χ1n) is 7.67. The molecule has 1 aromatic carbocycles. The molecular weight excluding hydrogens is 350 g/mol. The molecule has 0 radical (unpaired) electrons. The number of nitrogens with zero attached hydrogens (tertiary/aromatic N) is 1. The molecule has 8 nitrogen and oxygen atoms in total. The molecule has 1 aromatic rings. The predicted octanol–water partition coefficient (Wildman–Crippen LogP) is 2.28. The molecule has 3 N–H and O–H groups in total. The maximum absolute atomic E-state index is 12.1. The van der Waals surface area contributed by atoms with E-state index < -0.39 is 10.5 Å². The molecule has 9 heteroatoms. The molecule has 0 aromatic heterocycles. The van der Waals surface area contributed by atoms with Gasteiger partial charge in [0.15, 0.2) is 6.61 Å². The van der Waals surface area contributed by atoms with E-state index in [0.29, 0.717) is 18.2 Å². The van der Waals surface area contributed by atoms with Gasteiger partial charge in [-0.3, -0.25) is 14.9 Å². The second kappa shape index (κ2) is 10.0. The van der Waals surface area contributed by atoms with Crippen LogP contribution in [0.4, 0.5) is 5.69 Å². The van der Waals surface area contributed by atoms with Crippen LogP contribution < -0.4 is 20.5 Å². The monoisotopic (exact) mass is 375 g/mol. The van der Waals surface area contributed by atoms with Crippen LogP contribution in [0.2, 0.25) is 0 Å². The van der Waals surface area contributed by atoms with Crippen molar-refractivity contribution in [2.24, 2.45) is 11.7 Å². The molecule has 0 bridgehead atoms. The van der Waals surface area contributed by atoms with Gasteiger partial charge in [-0.05, 0) is 25.3 Å². The van der Waals surface area contributed by atoms with Crippen LogP contribution in [0.25, 0.3) is 0 Å². The van der Waals surface area contributed by atoms with Gasteiger partial charge in [0, 0.05) is 24.2 Å². The summed E-state index contributed by atoms with van der Waals surface area (Å²) in [5, 5.41) is 13.7. The van der Waals surface area contributed by atoms with Crippen molar-refractivity contribution in [1.82, 2.24) is 5.32 Å². The Bertz CT molecular complexity index is 597. The fourth-order valence-corrected chi connectivity index (χ4v) is 2.51. The number of carbonyl (C=O) groups is 1. The van der Waals surface area contributed by atoms with Crippen LogP contribution in [0.1, 0.15) is 27.2 Å². The van der Waals surface area contributed by atoms with Gasteiger partial charge in [0.25, 0.3) is 5.91 Å². The standard InChI is InChI=1S/C16H25N3O5.ClH/c1-11(2)8-16(3,10-17)18-15(20)9-24-12-5-6-13(19(21)22)14(7-12)23-4;/h5-7,11H,8-10,17H2,1-4H3,(H,18,20);1H. The third-order valence-corrected chi connectivity index (χ3v) is 3.47. The minimum absolute atomic E-state index is 0. The molecule has 0 aliphatic carbocycles. The molecule has 0 spiro atoms. The van der Waals surface area contributed by atoms with Gasteiger partial charge in [-0.1, -0.05) is 13.8 Å². The second-order valence-electron chi connectivity index (χ2n) is 6.29. The van der Waals surface area contributed by atoms with Crippen LogP contribution in [0.15, 0.2) is 18.2 Å². The normalized spacial score (nSPS) is 12.7. The number of rotatable bonds is 9. The maximum atomic E-state index is 12.1. The van der Waals surface area contributed by atoms with Crippen molar-refractivity contribution < 1.29 is 19.2 Å². The van der Waals surface area contributed by atoms with Gasteiger partial charge >= 0.3 is 5.69 Å². The van der Waals surface area contributed by atoms with Crippen molar-refractivity contribution in [2.75, 3.05) is 20.3 Å². The predicted molar refractivity (Wildman–Crippen MR) is 97.4 cm³/mol. The van der Waals surface area contributed by atoms with Gasteiger partial charge in [-0.2, -0.15) is 0 Å². The van der Waals surface area contributed by atoms with Gasteiger partial charge in [0.1, 0.15) is 5.75 Å². The molecule has 1 amide bonds. The van der Waals surface area contributed by atoms with Gasteiger partial charge in [-0.25, -0.2) is 0 Å². The summed E-state index contributed by atoms with van der Waals surface area (Å²) >= 11 is 0. The van der Waals surface area contributed by atoms with E-state index in [1.807, 2.05) is 6.92 Å². The molecule has 142 valence electrons. The van der Waals surface area contributed by atoms with E-state index in [2.05, 4.69) is 19.2 Å². The first-order valence-corrected chi connectivity index (χ1v) is 7.67. The molecule has 1 unspecified atom stereocenters. The zero-order valence-electron chi connectivity index (χ0n) is 14.9. The number of nitrogens with two attached hydrogens (primary N) is 1. The highest BCUT2D eigenvalue weighted by Crippen LogP contribution is 2.30. The lowest BCUT2D eigenvalue weighted by atomic mass is 9.91. The summed E-state index contributed by atoms with van der Waals surface area (Å²) in [6, 6.07) is 4.07. The van der Waals surface area contributed by atoms with Crippen molar-refractivity contribution >= 4 is 24.0 Å². The van der Waals surface area contributed by atoms with E-state index in [0.717, 1.165) is 6.42 Å². The number of methoxy groups -OCH3 is 1. The number of carbonyl (C=O) groups excluding carboxylic acids is 1. The van der Waals surface area contributed by atoms with Gasteiger partial charge in [0.05, 0.1) is 12.0 Å². The zero-order valence-corrected chi connectivity index (χ0v) is 15.7. The van der Waals surface area contributed by atoms with Crippen molar-refractivity contribution in [1.29, 1.82) is 0 Å². The Morgan fingerprint density at radius 2 is 2.08 bits per heavy atom. The average Bonchev–Trinajstić information content (AvgIpc) is 2.51. The van der Waals surface area contributed by atoms with Crippen LogP contribution in [-0.4, -0.2) is 36.6 Å². The van der Waals surface area contributed by atoms with Crippen molar-refractivity contribution in [3.8, 4) is 11.5 Å². The first kappa shape index (κ1) is 22.9. The highest BCUT2D eigenvalue weighted by atomic mass is 35.5. The van der Waals surface area contributed by atoms with Gasteiger partial charge in [0.2, 0.25) is 5.75 Å². The molecule has 25 heavy (non-hydrogen) atoms. The minimum atomic E-state index is -0.548. The van der Waals surface area contributed by atoms with E-state index in [1.54, 1.807) is 0 Å². The van der Waals surface area contributed by atoms with Gasteiger partial charge in [-0.15, -0.1) is 12.4 Å². The summed E-state index contributed by atoms with van der Waals surface area (Å²) in [5.41, 5.74) is 5.09. The van der Waals surface area contributed by atoms with E-state index in [-0.39, 0.29) is 36.4 Å². The lowest BCUT2D eigenvalue weighted by molar-refractivity contribution is -0.385. The topological polar surface area (TPSA) is 117 Å². The van der Waals surface area contributed by atoms with Crippen molar-refractivity contribution in [2.45, 2.75) is 32.7 Å². The van der Waals surface area contributed by atoms with E-state index in [4.69, 9.17) is 15.2 Å². The fraction of sp³-hybridized carbons (Fsp3) is 0.562. The Morgan fingerprint density at radius 3 is 2.56 bits per heavy atom. The summed E-state index contributed by atoms with van der Waals surface area (Å²) < 4.78 is 10.3. The molecule has 0 aliphatic heterocycles. The van der Waals surface area contributed by atoms with E-state index in [1.165, 1.54) is 25.3 Å². The summed E-state index contributed by atoms with van der Waals surface area (Å²) in [5.74, 6) is 0.468. The number of hydrogen-bond acceptors (Lipinski definition) is 6. The van der Waals surface area contributed by atoms with E-state index in [9.17, 15) is 14.9 Å².